The molecule has 6 aromatic carbocycles. The molecule has 2 heterocycles. The zero-order valence-corrected chi connectivity index (χ0v) is 36.3. The van der Waals surface area contributed by atoms with Crippen LogP contribution in [0.15, 0.2) is 182 Å². The molecule has 6 aromatic rings. The monoisotopic (exact) mass is 866 g/mol. The molecule has 0 unspecified atom stereocenters. The number of rotatable bonds is 23. The van der Waals surface area contributed by atoms with Crippen LogP contribution in [-0.4, -0.2) is 75.6 Å². The second kappa shape index (κ2) is 24.3. The van der Waals surface area contributed by atoms with Crippen LogP contribution in [0.4, 0.5) is 0 Å². The van der Waals surface area contributed by atoms with E-state index in [2.05, 4.69) is 0 Å². The van der Waals surface area contributed by atoms with Gasteiger partial charge in [0.15, 0.2) is 12.6 Å². The van der Waals surface area contributed by atoms with Crippen LogP contribution in [0.5, 0.6) is 0 Å². The number of benzene rings is 6. The van der Waals surface area contributed by atoms with E-state index in [9.17, 15) is 0 Å². The molecule has 10 heteroatoms. The molecule has 64 heavy (non-hydrogen) atoms. The van der Waals surface area contributed by atoms with Crippen LogP contribution in [0.1, 0.15) is 33.4 Å². The van der Waals surface area contributed by atoms with Crippen LogP contribution in [0, 0.1) is 0 Å². The summed E-state index contributed by atoms with van der Waals surface area (Å²) in [6.45, 7) is 2.36. The predicted molar refractivity (Wildman–Crippen MR) is 241 cm³/mol. The number of methoxy groups -OCH3 is 1. The Morgan fingerprint density at radius 3 is 1.00 bits per heavy atom. The molecule has 0 radical (unpaired) electrons. The maximum atomic E-state index is 7.27. The predicted octanol–water partition coefficient (Wildman–Crippen LogP) is 9.24. The van der Waals surface area contributed by atoms with Gasteiger partial charge in [0.2, 0.25) is 0 Å². The molecule has 334 valence electrons. The summed E-state index contributed by atoms with van der Waals surface area (Å²) >= 11 is 0. The highest BCUT2D eigenvalue weighted by Crippen LogP contribution is 2.36. The quantitative estimate of drug-likeness (QED) is 0.0621. The van der Waals surface area contributed by atoms with Crippen molar-refractivity contribution in [3.63, 3.8) is 0 Å². The van der Waals surface area contributed by atoms with Gasteiger partial charge in [-0.1, -0.05) is 182 Å². The third-order valence-corrected chi connectivity index (χ3v) is 11.3. The van der Waals surface area contributed by atoms with E-state index in [4.69, 9.17) is 47.4 Å². The SMILES string of the molecule is CO[C@@H]1O[C@H](COCc2ccccc2)[C@@H](O[C@H]2O[C@H](COCc3ccccc3)[C@@H](OCc3ccccc3)[C@H]2OCc2ccccc2)[C@H](OCc2ccccc2)[C@H]1OCc1ccccc1. The highest BCUT2D eigenvalue weighted by molar-refractivity contribution is 5.18. The van der Waals surface area contributed by atoms with E-state index in [0.717, 1.165) is 33.4 Å². The molecule has 0 aliphatic carbocycles. The van der Waals surface area contributed by atoms with Crippen LogP contribution in [0.25, 0.3) is 0 Å². The van der Waals surface area contributed by atoms with E-state index >= 15 is 0 Å². The second-order valence-electron chi connectivity index (χ2n) is 16.0. The lowest BCUT2D eigenvalue weighted by Gasteiger charge is -2.46. The fraction of sp³-hybridized carbons (Fsp3) is 0.333. The summed E-state index contributed by atoms with van der Waals surface area (Å²) in [4.78, 5) is 0. The van der Waals surface area contributed by atoms with Gasteiger partial charge >= 0.3 is 0 Å². The first-order valence-corrected chi connectivity index (χ1v) is 22.0. The molecule has 9 atom stereocenters. The average molecular weight is 867 g/mol. The van der Waals surface area contributed by atoms with Crippen molar-refractivity contribution in [2.24, 2.45) is 0 Å². The molecular formula is C54H58O10. The maximum absolute atomic E-state index is 7.27. The zero-order valence-electron chi connectivity index (χ0n) is 36.3. The lowest BCUT2D eigenvalue weighted by Crippen LogP contribution is -2.62. The van der Waals surface area contributed by atoms with Gasteiger partial charge in [0, 0.05) is 7.11 Å². The lowest BCUT2D eigenvalue weighted by atomic mass is 9.97. The van der Waals surface area contributed by atoms with Crippen LogP contribution in [0.3, 0.4) is 0 Å². The van der Waals surface area contributed by atoms with Crippen molar-refractivity contribution in [2.75, 3.05) is 20.3 Å². The van der Waals surface area contributed by atoms with Crippen molar-refractivity contribution in [1.29, 1.82) is 0 Å². The Kier molecular flexibility index (Phi) is 17.3. The summed E-state index contributed by atoms with van der Waals surface area (Å²) in [5, 5.41) is 0. The topological polar surface area (TPSA) is 92.3 Å². The molecule has 2 aliphatic heterocycles. The van der Waals surface area contributed by atoms with E-state index in [1.807, 2.05) is 182 Å². The fourth-order valence-electron chi connectivity index (χ4n) is 8.00. The van der Waals surface area contributed by atoms with Gasteiger partial charge in [0.25, 0.3) is 0 Å². The van der Waals surface area contributed by atoms with Gasteiger partial charge < -0.3 is 47.4 Å². The van der Waals surface area contributed by atoms with Crippen molar-refractivity contribution < 1.29 is 47.4 Å². The molecule has 2 fully saturated rings. The van der Waals surface area contributed by atoms with E-state index in [1.54, 1.807) is 7.11 Å². The van der Waals surface area contributed by atoms with Crippen molar-refractivity contribution >= 4 is 0 Å². The Bertz CT molecular complexity index is 2170. The smallest absolute Gasteiger partial charge is 0.187 e. The fourth-order valence-corrected chi connectivity index (χ4v) is 8.00. The molecule has 2 aliphatic rings. The minimum Gasteiger partial charge on any atom is -0.374 e. The summed E-state index contributed by atoms with van der Waals surface area (Å²) < 4.78 is 67.1. The van der Waals surface area contributed by atoms with E-state index in [0.29, 0.717) is 33.0 Å². The number of ether oxygens (including phenoxy) is 10. The normalized spacial score (nSPS) is 24.4. The largest absolute Gasteiger partial charge is 0.374 e. The van der Waals surface area contributed by atoms with Gasteiger partial charge in [-0.3, -0.25) is 0 Å². The molecular weight excluding hydrogens is 809 g/mol. The van der Waals surface area contributed by atoms with Crippen LogP contribution < -0.4 is 0 Å². The molecule has 10 nitrogen and oxygen atoms in total. The molecule has 2 saturated heterocycles. The summed E-state index contributed by atoms with van der Waals surface area (Å²) in [6.07, 6.45) is -6.51. The zero-order chi connectivity index (χ0) is 43.6. The van der Waals surface area contributed by atoms with Gasteiger partial charge in [-0.05, 0) is 33.4 Å². The average Bonchev–Trinajstić information content (AvgIpc) is 3.68. The van der Waals surface area contributed by atoms with E-state index in [-0.39, 0.29) is 19.8 Å². The van der Waals surface area contributed by atoms with Gasteiger partial charge in [0.05, 0.1) is 52.9 Å². The second-order valence-corrected chi connectivity index (χ2v) is 16.0. The molecule has 0 bridgehead atoms. The third-order valence-electron chi connectivity index (χ3n) is 11.3. The van der Waals surface area contributed by atoms with Crippen LogP contribution in [0.2, 0.25) is 0 Å². The van der Waals surface area contributed by atoms with Crippen molar-refractivity contribution in [1.82, 2.24) is 0 Å². The first kappa shape index (κ1) is 45.5. The summed E-state index contributed by atoms with van der Waals surface area (Å²) in [6, 6.07) is 60.3. The Labute approximate surface area is 376 Å². The molecule has 0 saturated carbocycles. The molecule has 0 N–H and O–H groups in total. The van der Waals surface area contributed by atoms with Gasteiger partial charge in [-0.15, -0.1) is 0 Å². The lowest BCUT2D eigenvalue weighted by molar-refractivity contribution is -0.343. The van der Waals surface area contributed by atoms with E-state index < -0.39 is 55.3 Å². The van der Waals surface area contributed by atoms with Gasteiger partial charge in [0.1, 0.15) is 42.7 Å². The Balaban J connectivity index is 1.12. The highest BCUT2D eigenvalue weighted by Gasteiger charge is 2.54. The first-order valence-electron chi connectivity index (χ1n) is 22.0. The Morgan fingerprint density at radius 1 is 0.328 bits per heavy atom. The Morgan fingerprint density at radius 2 is 0.625 bits per heavy atom. The maximum Gasteiger partial charge on any atom is 0.187 e. The highest BCUT2D eigenvalue weighted by atomic mass is 16.8. The minimum absolute atomic E-state index is 0.163. The molecule has 0 amide bonds. The standard InChI is InChI=1S/C54H58O10/c1-55-53-52(61-37-45-30-18-7-19-31-45)50(59-35-43-26-14-5-15-27-43)49(47(62-53)39-57-33-41-22-10-3-11-23-41)64-54-51(60-36-44-28-16-6-17-29-44)48(58-34-42-24-12-4-13-25-42)46(63-54)38-56-32-40-20-8-2-9-21-40/h2-31,46-54H,32-39H2,1H3/t46-,47-,48-,49-,50+,51-,52-,53-,54-/m1/s1. The first-order chi connectivity index (χ1) is 31.7. The molecule has 0 aromatic heterocycles. The number of hydrogen-bond acceptors (Lipinski definition) is 10. The van der Waals surface area contributed by atoms with Crippen LogP contribution >= 0.6 is 0 Å². The summed E-state index contributed by atoms with van der Waals surface area (Å²) in [7, 11) is 1.61. The molecule has 8 rings (SSSR count). The van der Waals surface area contributed by atoms with Gasteiger partial charge in [-0.25, -0.2) is 0 Å². The minimum atomic E-state index is -0.947. The summed E-state index contributed by atoms with van der Waals surface area (Å²) in [5.74, 6) is 0. The van der Waals surface area contributed by atoms with E-state index in [1.165, 1.54) is 0 Å². The van der Waals surface area contributed by atoms with Gasteiger partial charge in [-0.2, -0.15) is 0 Å². The van der Waals surface area contributed by atoms with Crippen molar-refractivity contribution in [3.05, 3.63) is 215 Å². The van der Waals surface area contributed by atoms with Crippen molar-refractivity contribution in [3.8, 4) is 0 Å². The third kappa shape index (κ3) is 13.0. The number of hydrogen-bond donors (Lipinski definition) is 0. The van der Waals surface area contributed by atoms with Crippen LogP contribution in [-0.2, 0) is 87.0 Å². The molecule has 0 spiro atoms. The Hall–Kier alpha value is -5.08. The summed E-state index contributed by atoms with van der Waals surface area (Å²) in [5.41, 5.74) is 6.10. The van der Waals surface area contributed by atoms with Crippen molar-refractivity contribution in [2.45, 2.75) is 94.9 Å².